The Bertz CT molecular complexity index is 971. The van der Waals surface area contributed by atoms with Gasteiger partial charge in [0.2, 0.25) is 0 Å². The largest absolute Gasteiger partial charge is 0.389 e. The van der Waals surface area contributed by atoms with Gasteiger partial charge in [-0.2, -0.15) is 4.39 Å². The number of benzene rings is 1. The first kappa shape index (κ1) is 22.9. The Kier molecular flexibility index (Phi) is 7.92. The summed E-state index contributed by atoms with van der Waals surface area (Å²) < 4.78 is 33.4. The molecule has 0 aliphatic carbocycles. The predicted octanol–water partition coefficient (Wildman–Crippen LogP) is 1.75. The Morgan fingerprint density at radius 2 is 2.19 bits per heavy atom. The molecule has 3 heterocycles. The average Bonchev–Trinajstić information content (AvgIpc) is 3.38. The van der Waals surface area contributed by atoms with Crippen LogP contribution < -0.4 is 10.6 Å². The van der Waals surface area contributed by atoms with Crippen molar-refractivity contribution < 1.29 is 23.0 Å². The number of oxime groups is 1. The van der Waals surface area contributed by atoms with Crippen LogP contribution in [0.3, 0.4) is 0 Å². The van der Waals surface area contributed by atoms with E-state index in [1.54, 1.807) is 24.3 Å². The molecule has 2 saturated heterocycles. The van der Waals surface area contributed by atoms with Crippen LogP contribution in [-0.4, -0.2) is 70.6 Å². The minimum absolute atomic E-state index is 0.0174. The first-order valence-electron chi connectivity index (χ1n) is 10.3. The van der Waals surface area contributed by atoms with Gasteiger partial charge in [0.25, 0.3) is 5.91 Å². The van der Waals surface area contributed by atoms with Gasteiger partial charge in [-0.3, -0.25) is 10.1 Å². The van der Waals surface area contributed by atoms with Crippen molar-refractivity contribution in [1.82, 2.24) is 14.6 Å². The van der Waals surface area contributed by atoms with Crippen molar-refractivity contribution in [1.29, 1.82) is 0 Å². The Balaban J connectivity index is 1.52. The van der Waals surface area contributed by atoms with Crippen molar-refractivity contribution in [2.45, 2.75) is 23.8 Å². The zero-order valence-corrected chi connectivity index (χ0v) is 18.9. The molecule has 2 aliphatic rings. The number of amides is 1. The molecule has 0 spiro atoms. The summed E-state index contributed by atoms with van der Waals surface area (Å²) in [6.07, 6.45) is 2.41. The third-order valence-electron chi connectivity index (χ3n) is 4.96. The number of carbonyl (C=O) groups is 1. The number of nitrogens with one attached hydrogen (secondary N) is 2. The summed E-state index contributed by atoms with van der Waals surface area (Å²) in [4.78, 5) is 22.8. The highest BCUT2D eigenvalue weighted by molar-refractivity contribution is 7.82. The first-order valence-corrected chi connectivity index (χ1v) is 12.2. The maximum Gasteiger partial charge on any atom is 0.280 e. The lowest BCUT2D eigenvalue weighted by molar-refractivity contribution is -0.110. The van der Waals surface area contributed by atoms with Gasteiger partial charge in [-0.1, -0.05) is 28.6 Å². The van der Waals surface area contributed by atoms with Crippen molar-refractivity contribution in [3.05, 3.63) is 41.2 Å². The molecule has 1 aromatic carbocycles. The number of thiazole rings is 1. The zero-order valence-electron chi connectivity index (χ0n) is 17.3. The van der Waals surface area contributed by atoms with Crippen LogP contribution in [0, 0.1) is 5.13 Å². The molecule has 2 aliphatic heterocycles. The smallest absolute Gasteiger partial charge is 0.280 e. The molecular formula is C20H24FN5O4S2. The molecule has 172 valence electrons. The number of rotatable bonds is 7. The fourth-order valence-electron chi connectivity index (χ4n) is 3.28. The second-order valence-electron chi connectivity index (χ2n) is 7.26. The van der Waals surface area contributed by atoms with E-state index in [-0.39, 0.29) is 16.9 Å². The van der Waals surface area contributed by atoms with Crippen LogP contribution in [0.5, 0.6) is 0 Å². The molecule has 12 heteroatoms. The van der Waals surface area contributed by atoms with Gasteiger partial charge in [0, 0.05) is 31.6 Å². The SMILES string of the molecule is O=C(Nc1ncc(F)s1)/C(=N/O[C@@H]1CCOC1)c1ccc(S(=O)N2CCCNCC2)cc1. The van der Waals surface area contributed by atoms with Gasteiger partial charge >= 0.3 is 0 Å². The summed E-state index contributed by atoms with van der Waals surface area (Å²) in [5, 5.41) is 9.52. The van der Waals surface area contributed by atoms with Crippen LogP contribution in [0.25, 0.3) is 0 Å². The number of ether oxygens (including phenoxy) is 1. The van der Waals surface area contributed by atoms with Crippen molar-refractivity contribution in [3.8, 4) is 0 Å². The predicted molar refractivity (Wildman–Crippen MR) is 119 cm³/mol. The van der Waals surface area contributed by atoms with Crippen LogP contribution >= 0.6 is 11.3 Å². The summed E-state index contributed by atoms with van der Waals surface area (Å²) in [6.45, 7) is 4.13. The van der Waals surface area contributed by atoms with Crippen LogP contribution in [0.15, 0.2) is 40.5 Å². The van der Waals surface area contributed by atoms with E-state index in [1.807, 2.05) is 4.31 Å². The lowest BCUT2D eigenvalue weighted by Crippen LogP contribution is -2.30. The number of hydrogen-bond acceptors (Lipinski definition) is 8. The van der Waals surface area contributed by atoms with Gasteiger partial charge in [-0.05, 0) is 25.1 Å². The van der Waals surface area contributed by atoms with E-state index in [9.17, 15) is 13.4 Å². The van der Waals surface area contributed by atoms with Gasteiger partial charge in [-0.15, -0.1) is 0 Å². The van der Waals surface area contributed by atoms with Gasteiger partial charge < -0.3 is 14.9 Å². The fraction of sp³-hybridized carbons (Fsp3) is 0.450. The highest BCUT2D eigenvalue weighted by atomic mass is 32.2. The van der Waals surface area contributed by atoms with E-state index in [1.165, 1.54) is 0 Å². The molecule has 4 rings (SSSR count). The van der Waals surface area contributed by atoms with E-state index in [2.05, 4.69) is 20.8 Å². The van der Waals surface area contributed by atoms with E-state index >= 15 is 0 Å². The number of anilines is 1. The molecule has 2 atom stereocenters. The molecule has 1 aromatic heterocycles. The first-order chi connectivity index (χ1) is 15.6. The van der Waals surface area contributed by atoms with E-state index in [0.29, 0.717) is 36.6 Å². The summed E-state index contributed by atoms with van der Waals surface area (Å²) in [5.74, 6) is -0.578. The van der Waals surface area contributed by atoms with Crippen LogP contribution in [0.1, 0.15) is 18.4 Å². The zero-order chi connectivity index (χ0) is 22.3. The topological polar surface area (TPSA) is 105 Å². The van der Waals surface area contributed by atoms with E-state index < -0.39 is 22.0 Å². The minimum atomic E-state index is -1.29. The fourth-order valence-corrected chi connectivity index (χ4v) is 5.04. The lowest BCUT2D eigenvalue weighted by Gasteiger charge is -2.18. The molecule has 1 amide bonds. The van der Waals surface area contributed by atoms with Crippen molar-refractivity contribution in [2.75, 3.05) is 44.7 Å². The third-order valence-corrected chi connectivity index (χ3v) is 7.17. The number of nitrogens with zero attached hydrogens (tertiary/aromatic N) is 3. The standard InChI is InChI=1S/C20H24FN5O4S2/c21-17-12-23-20(31-17)24-19(27)18(25-30-15-6-11-29-13-15)14-2-4-16(5-3-14)32(28)26-9-1-7-22-8-10-26/h2-5,12,15,22H,1,6-11,13H2,(H,23,24,27)/b25-18+/t15-,32?/m1/s1. The molecule has 2 aromatic rings. The summed E-state index contributed by atoms with van der Waals surface area (Å²) in [5.41, 5.74) is 0.500. The van der Waals surface area contributed by atoms with Gasteiger partial charge in [0.1, 0.15) is 11.0 Å². The van der Waals surface area contributed by atoms with E-state index in [4.69, 9.17) is 9.57 Å². The highest BCUT2D eigenvalue weighted by Gasteiger charge is 2.22. The second kappa shape index (κ2) is 11.1. The van der Waals surface area contributed by atoms with Crippen molar-refractivity contribution in [2.24, 2.45) is 5.16 Å². The molecule has 1 unspecified atom stereocenters. The lowest BCUT2D eigenvalue weighted by atomic mass is 10.1. The molecule has 0 bridgehead atoms. The van der Waals surface area contributed by atoms with Crippen LogP contribution in [0.4, 0.5) is 9.52 Å². The normalized spacial score (nSPS) is 21.2. The second-order valence-corrected chi connectivity index (χ2v) is 9.73. The quantitative estimate of drug-likeness (QED) is 0.461. The maximum atomic E-state index is 13.3. The maximum absolute atomic E-state index is 13.3. The van der Waals surface area contributed by atoms with Gasteiger partial charge in [0.05, 0.1) is 24.3 Å². The molecule has 0 saturated carbocycles. The summed E-state index contributed by atoms with van der Waals surface area (Å²) in [7, 11) is -1.29. The molecule has 9 nitrogen and oxygen atoms in total. The Labute approximate surface area is 191 Å². The number of carbonyl (C=O) groups excluding carboxylic acids is 1. The van der Waals surface area contributed by atoms with E-state index in [0.717, 1.165) is 43.6 Å². The Hall–Kier alpha value is -2.25. The number of hydrogen-bond donors (Lipinski definition) is 2. The summed E-state index contributed by atoms with van der Waals surface area (Å²) >= 11 is 0.720. The van der Waals surface area contributed by atoms with Crippen molar-refractivity contribution >= 4 is 39.1 Å². The number of halogens is 1. The molecular weight excluding hydrogens is 457 g/mol. The Morgan fingerprint density at radius 1 is 1.34 bits per heavy atom. The van der Waals surface area contributed by atoms with Crippen LogP contribution in [-0.2, 0) is 25.4 Å². The molecule has 32 heavy (non-hydrogen) atoms. The van der Waals surface area contributed by atoms with Crippen molar-refractivity contribution in [3.63, 3.8) is 0 Å². The third kappa shape index (κ3) is 5.95. The Morgan fingerprint density at radius 3 is 2.91 bits per heavy atom. The van der Waals surface area contributed by atoms with Gasteiger partial charge in [0.15, 0.2) is 22.1 Å². The van der Waals surface area contributed by atoms with Gasteiger partial charge in [-0.25, -0.2) is 13.5 Å². The minimum Gasteiger partial charge on any atom is -0.389 e. The molecule has 2 fully saturated rings. The average molecular weight is 482 g/mol. The summed E-state index contributed by atoms with van der Waals surface area (Å²) in [6, 6.07) is 6.79. The highest BCUT2D eigenvalue weighted by Crippen LogP contribution is 2.18. The monoisotopic (exact) mass is 481 g/mol. The van der Waals surface area contributed by atoms with Crippen LogP contribution in [0.2, 0.25) is 0 Å². The number of aromatic nitrogens is 1. The molecule has 0 radical (unpaired) electrons. The molecule has 2 N–H and O–H groups in total.